The van der Waals surface area contributed by atoms with E-state index in [1.54, 1.807) is 0 Å². The van der Waals surface area contributed by atoms with Crippen molar-refractivity contribution in [2.75, 3.05) is 13.1 Å². The molecule has 4 heteroatoms. The number of hydrogen-bond acceptors (Lipinski definition) is 2. The van der Waals surface area contributed by atoms with Gasteiger partial charge in [-0.15, -0.1) is 0 Å². The van der Waals surface area contributed by atoms with Crippen LogP contribution in [0.1, 0.15) is 20.8 Å². The van der Waals surface area contributed by atoms with Gasteiger partial charge in [-0.3, -0.25) is 0 Å². The van der Waals surface area contributed by atoms with Gasteiger partial charge in [-0.05, 0) is 20.8 Å². The summed E-state index contributed by atoms with van der Waals surface area (Å²) in [4.78, 5) is 13.2. The van der Waals surface area contributed by atoms with Crippen LogP contribution in [0.2, 0.25) is 0 Å². The fourth-order valence-corrected chi connectivity index (χ4v) is 1.31. The molecule has 1 saturated heterocycles. The number of carbonyl (C=O) groups excluding carboxylic acids is 1. The summed E-state index contributed by atoms with van der Waals surface area (Å²) in [6.45, 7) is 7.29. The number of amides is 2. The smallest absolute Gasteiger partial charge is 0.318 e. The summed E-state index contributed by atoms with van der Waals surface area (Å²) in [6.07, 6.45) is 0. The van der Waals surface area contributed by atoms with E-state index in [2.05, 4.69) is 5.32 Å². The minimum Gasteiger partial charge on any atom is -0.332 e. The van der Waals surface area contributed by atoms with Gasteiger partial charge in [0.1, 0.15) is 0 Å². The van der Waals surface area contributed by atoms with Crippen LogP contribution in [-0.4, -0.2) is 35.6 Å². The Kier molecular flexibility index (Phi) is 2.28. The Bertz CT molecular complexity index is 185. The van der Waals surface area contributed by atoms with Crippen molar-refractivity contribution in [2.45, 2.75) is 32.4 Å². The molecule has 1 heterocycles. The van der Waals surface area contributed by atoms with E-state index >= 15 is 0 Å². The third-order valence-corrected chi connectivity index (χ3v) is 2.07. The Morgan fingerprint density at radius 2 is 2.25 bits per heavy atom. The van der Waals surface area contributed by atoms with Crippen molar-refractivity contribution in [1.82, 2.24) is 10.2 Å². The third-order valence-electron chi connectivity index (χ3n) is 2.07. The Morgan fingerprint density at radius 1 is 1.67 bits per heavy atom. The Balaban J connectivity index is 2.64. The number of carbonyl (C=O) groups is 1. The molecule has 1 atom stereocenters. The van der Waals surface area contributed by atoms with Crippen molar-refractivity contribution in [3.8, 4) is 0 Å². The first-order valence-electron chi connectivity index (χ1n) is 4.23. The van der Waals surface area contributed by atoms with E-state index in [4.69, 9.17) is 5.73 Å². The Hall–Kier alpha value is -0.770. The van der Waals surface area contributed by atoms with Gasteiger partial charge in [0.2, 0.25) is 0 Å². The molecule has 4 nitrogen and oxygen atoms in total. The number of hydrogen-bond donors (Lipinski definition) is 2. The summed E-state index contributed by atoms with van der Waals surface area (Å²) in [5.41, 5.74) is 5.36. The van der Waals surface area contributed by atoms with Crippen molar-refractivity contribution >= 4 is 6.03 Å². The van der Waals surface area contributed by atoms with Crippen LogP contribution in [-0.2, 0) is 0 Å². The molecule has 1 aliphatic heterocycles. The molecule has 0 spiro atoms. The fraction of sp³-hybridized carbons (Fsp3) is 0.875. The highest BCUT2D eigenvalue weighted by Crippen LogP contribution is 2.17. The van der Waals surface area contributed by atoms with Crippen molar-refractivity contribution in [1.29, 1.82) is 0 Å². The zero-order chi connectivity index (χ0) is 9.35. The van der Waals surface area contributed by atoms with Gasteiger partial charge in [0.15, 0.2) is 0 Å². The van der Waals surface area contributed by atoms with Crippen LogP contribution in [0, 0.1) is 0 Å². The summed E-state index contributed by atoms with van der Waals surface area (Å²) >= 11 is 0. The molecule has 0 aromatic heterocycles. The van der Waals surface area contributed by atoms with Crippen molar-refractivity contribution in [2.24, 2.45) is 5.73 Å². The number of nitrogens with two attached hydrogens (primary N) is 1. The van der Waals surface area contributed by atoms with Crippen LogP contribution in [0.15, 0.2) is 0 Å². The molecule has 0 bridgehead atoms. The minimum atomic E-state index is -0.103. The van der Waals surface area contributed by atoms with Crippen LogP contribution < -0.4 is 11.1 Å². The normalized spacial score (nSPS) is 24.5. The SMILES string of the molecule is CC(C)(C)N1CC(CN)NC1=O. The maximum absolute atomic E-state index is 11.3. The van der Waals surface area contributed by atoms with Gasteiger partial charge in [-0.25, -0.2) is 4.79 Å². The minimum absolute atomic E-state index is 0.00190. The summed E-state index contributed by atoms with van der Waals surface area (Å²) < 4.78 is 0. The van der Waals surface area contributed by atoms with Crippen molar-refractivity contribution in [3.63, 3.8) is 0 Å². The van der Waals surface area contributed by atoms with E-state index in [-0.39, 0.29) is 17.6 Å². The van der Waals surface area contributed by atoms with E-state index < -0.39 is 0 Å². The maximum Gasteiger partial charge on any atom is 0.318 e. The van der Waals surface area contributed by atoms with Gasteiger partial charge in [-0.1, -0.05) is 0 Å². The van der Waals surface area contributed by atoms with Gasteiger partial charge in [0.05, 0.1) is 6.04 Å². The average Bonchev–Trinajstić information content (AvgIpc) is 2.29. The maximum atomic E-state index is 11.3. The second-order valence-electron chi connectivity index (χ2n) is 4.16. The van der Waals surface area contributed by atoms with E-state index in [9.17, 15) is 4.79 Å². The van der Waals surface area contributed by atoms with Crippen LogP contribution in [0.5, 0.6) is 0 Å². The zero-order valence-electron chi connectivity index (χ0n) is 7.92. The molecule has 1 aliphatic rings. The topological polar surface area (TPSA) is 58.4 Å². The molecule has 0 aliphatic carbocycles. The summed E-state index contributed by atoms with van der Waals surface area (Å²) in [7, 11) is 0. The van der Waals surface area contributed by atoms with E-state index in [0.717, 1.165) is 6.54 Å². The predicted molar refractivity (Wildman–Crippen MR) is 47.8 cm³/mol. The molecule has 70 valence electrons. The average molecular weight is 171 g/mol. The first-order chi connectivity index (χ1) is 5.45. The molecule has 2 amide bonds. The molecule has 0 aromatic carbocycles. The van der Waals surface area contributed by atoms with Gasteiger partial charge in [-0.2, -0.15) is 0 Å². The Morgan fingerprint density at radius 3 is 2.50 bits per heavy atom. The van der Waals surface area contributed by atoms with Crippen LogP contribution in [0.25, 0.3) is 0 Å². The standard InChI is InChI=1S/C8H17N3O/c1-8(2,3)11-5-6(4-9)10-7(11)12/h6H,4-5,9H2,1-3H3,(H,10,12). The molecule has 0 radical (unpaired) electrons. The second-order valence-corrected chi connectivity index (χ2v) is 4.16. The molecule has 1 unspecified atom stereocenters. The quantitative estimate of drug-likeness (QED) is 0.589. The van der Waals surface area contributed by atoms with E-state index in [0.29, 0.717) is 6.54 Å². The van der Waals surface area contributed by atoms with E-state index in [1.165, 1.54) is 0 Å². The summed E-state index contributed by atoms with van der Waals surface area (Å²) in [5, 5.41) is 2.82. The molecular formula is C8H17N3O. The number of nitrogens with zero attached hydrogens (tertiary/aromatic N) is 1. The van der Waals surface area contributed by atoms with Crippen molar-refractivity contribution < 1.29 is 4.79 Å². The Labute approximate surface area is 73.1 Å². The highest BCUT2D eigenvalue weighted by Gasteiger charge is 2.34. The van der Waals surface area contributed by atoms with Gasteiger partial charge >= 0.3 is 6.03 Å². The monoisotopic (exact) mass is 171 g/mol. The van der Waals surface area contributed by atoms with E-state index in [1.807, 2.05) is 25.7 Å². The van der Waals surface area contributed by atoms with Gasteiger partial charge in [0.25, 0.3) is 0 Å². The molecule has 12 heavy (non-hydrogen) atoms. The molecule has 1 fully saturated rings. The third kappa shape index (κ3) is 1.69. The predicted octanol–water partition coefficient (Wildman–Crippen LogP) is 0.137. The fourth-order valence-electron chi connectivity index (χ4n) is 1.31. The lowest BCUT2D eigenvalue weighted by Crippen LogP contribution is -2.43. The van der Waals surface area contributed by atoms with Crippen LogP contribution >= 0.6 is 0 Å². The largest absolute Gasteiger partial charge is 0.332 e. The van der Waals surface area contributed by atoms with Gasteiger partial charge in [0, 0.05) is 18.6 Å². The molecular weight excluding hydrogens is 154 g/mol. The second kappa shape index (κ2) is 2.94. The zero-order valence-corrected chi connectivity index (χ0v) is 7.92. The number of nitrogens with one attached hydrogen (secondary N) is 1. The summed E-state index contributed by atoms with van der Waals surface area (Å²) in [5.74, 6) is 0. The highest BCUT2D eigenvalue weighted by molar-refractivity contribution is 5.77. The lowest BCUT2D eigenvalue weighted by Gasteiger charge is -2.30. The van der Waals surface area contributed by atoms with Crippen LogP contribution in [0.4, 0.5) is 4.79 Å². The first kappa shape index (κ1) is 9.32. The molecule has 3 N–H and O–H groups in total. The van der Waals surface area contributed by atoms with Crippen LogP contribution in [0.3, 0.4) is 0 Å². The molecule has 0 saturated carbocycles. The molecule has 1 rings (SSSR count). The lowest BCUT2D eigenvalue weighted by molar-refractivity contribution is 0.170. The number of rotatable bonds is 1. The molecule has 0 aromatic rings. The highest BCUT2D eigenvalue weighted by atomic mass is 16.2. The van der Waals surface area contributed by atoms with Gasteiger partial charge < -0.3 is 16.0 Å². The number of urea groups is 1. The van der Waals surface area contributed by atoms with Crippen molar-refractivity contribution in [3.05, 3.63) is 0 Å². The lowest BCUT2D eigenvalue weighted by atomic mass is 10.1. The first-order valence-corrected chi connectivity index (χ1v) is 4.23. The summed E-state index contributed by atoms with van der Waals surface area (Å²) in [6, 6.07) is 0.120.